The monoisotopic (exact) mass is 395 g/mol. The number of hydrogen-bond donors (Lipinski definition) is 5. The molecule has 2 aromatic heterocycles. The molecule has 13 heteroatoms. The van der Waals surface area contributed by atoms with Gasteiger partial charge in [0.15, 0.2) is 17.4 Å². The average Bonchev–Trinajstić information content (AvgIpc) is 3.16. The summed E-state index contributed by atoms with van der Waals surface area (Å²) in [6, 6.07) is 0. The summed E-state index contributed by atoms with van der Waals surface area (Å²) in [6.45, 7) is 0.347. The SMILES string of the molecule is CN1CCN(c2nc3c(=O)[nH]c(N)nc3n2[C@@H]2O[C@H](CO)[C@@H](O)[C@H]2O)CC1=O. The van der Waals surface area contributed by atoms with Crippen molar-refractivity contribution >= 4 is 29.0 Å². The zero-order valence-corrected chi connectivity index (χ0v) is 15.0. The Kier molecular flexibility index (Phi) is 4.45. The van der Waals surface area contributed by atoms with Crippen molar-refractivity contribution in [3.8, 4) is 0 Å². The van der Waals surface area contributed by atoms with Crippen LogP contribution in [-0.4, -0.2) is 97.2 Å². The summed E-state index contributed by atoms with van der Waals surface area (Å²) in [5.41, 5.74) is 5.06. The topological polar surface area (TPSA) is 183 Å². The second-order valence-electron chi connectivity index (χ2n) is 6.87. The fourth-order valence-electron chi connectivity index (χ4n) is 3.47. The summed E-state index contributed by atoms with van der Waals surface area (Å²) in [6.07, 6.45) is -4.98. The van der Waals surface area contributed by atoms with Gasteiger partial charge in [0.05, 0.1) is 13.2 Å². The fraction of sp³-hybridized carbons (Fsp3) is 0.600. The van der Waals surface area contributed by atoms with Crippen LogP contribution in [0.2, 0.25) is 0 Å². The van der Waals surface area contributed by atoms with Crippen molar-refractivity contribution in [2.45, 2.75) is 24.5 Å². The van der Waals surface area contributed by atoms with E-state index >= 15 is 0 Å². The number of aliphatic hydroxyl groups excluding tert-OH is 3. The Hall–Kier alpha value is -2.74. The molecule has 2 fully saturated rings. The number of nitrogens with zero attached hydrogens (tertiary/aromatic N) is 5. The molecular weight excluding hydrogens is 374 g/mol. The van der Waals surface area contributed by atoms with Crippen LogP contribution in [0.25, 0.3) is 11.2 Å². The second kappa shape index (κ2) is 6.70. The van der Waals surface area contributed by atoms with Crippen molar-refractivity contribution < 1.29 is 24.9 Å². The van der Waals surface area contributed by atoms with Crippen molar-refractivity contribution in [1.29, 1.82) is 0 Å². The number of aliphatic hydroxyl groups is 3. The number of piperazine rings is 1. The third kappa shape index (κ3) is 2.79. The molecule has 2 saturated heterocycles. The Bertz CT molecular complexity index is 974. The van der Waals surface area contributed by atoms with Gasteiger partial charge in [-0.25, -0.2) is 4.98 Å². The number of aromatic nitrogens is 4. The predicted octanol–water partition coefficient (Wildman–Crippen LogP) is -3.41. The number of imidazole rings is 1. The molecule has 2 aliphatic heterocycles. The summed E-state index contributed by atoms with van der Waals surface area (Å²) in [5.74, 6) is -0.131. The minimum Gasteiger partial charge on any atom is -0.394 e. The number of carbonyl (C=O) groups is 1. The van der Waals surface area contributed by atoms with E-state index in [-0.39, 0.29) is 35.5 Å². The Labute approximate surface area is 158 Å². The lowest BCUT2D eigenvalue weighted by atomic mass is 10.1. The van der Waals surface area contributed by atoms with Gasteiger partial charge >= 0.3 is 0 Å². The molecule has 0 bridgehead atoms. The van der Waals surface area contributed by atoms with E-state index in [1.165, 1.54) is 4.57 Å². The lowest BCUT2D eigenvalue weighted by molar-refractivity contribution is -0.129. The zero-order chi connectivity index (χ0) is 20.2. The molecule has 0 radical (unpaired) electrons. The highest BCUT2D eigenvalue weighted by atomic mass is 16.6. The fourth-order valence-corrected chi connectivity index (χ4v) is 3.47. The first-order valence-corrected chi connectivity index (χ1v) is 8.71. The first kappa shape index (κ1) is 18.6. The molecule has 0 spiro atoms. The standard InChI is InChI=1S/C15H21N7O6/c1-20-2-3-21(4-7(20)24)15-17-8-11(18-14(16)19-12(8)27)22(15)13-10(26)9(25)6(5-23)28-13/h6,9-10,13,23,25-26H,2-5H2,1H3,(H3,16,18,19,27)/t6-,9-,10-,13-/m1/s1. The number of anilines is 2. The molecule has 4 rings (SSSR count). The third-order valence-corrected chi connectivity index (χ3v) is 5.06. The van der Waals surface area contributed by atoms with Gasteiger partial charge in [0.25, 0.3) is 5.56 Å². The number of amides is 1. The predicted molar refractivity (Wildman–Crippen MR) is 95.4 cm³/mol. The normalized spacial score (nSPS) is 28.5. The first-order chi connectivity index (χ1) is 13.3. The molecule has 1 amide bonds. The molecular formula is C15H21N7O6. The largest absolute Gasteiger partial charge is 0.394 e. The van der Waals surface area contributed by atoms with Crippen molar-refractivity contribution in [3.63, 3.8) is 0 Å². The number of nitrogen functional groups attached to an aromatic ring is 1. The van der Waals surface area contributed by atoms with E-state index in [4.69, 9.17) is 10.5 Å². The first-order valence-electron chi connectivity index (χ1n) is 8.71. The minimum atomic E-state index is -1.42. The Morgan fingerprint density at radius 1 is 1.25 bits per heavy atom. The van der Waals surface area contributed by atoms with Crippen LogP contribution in [0.1, 0.15) is 6.23 Å². The number of fused-ring (bicyclic) bond motifs is 1. The van der Waals surface area contributed by atoms with Crippen molar-refractivity contribution in [1.82, 2.24) is 24.4 Å². The Morgan fingerprint density at radius 3 is 2.64 bits per heavy atom. The van der Waals surface area contributed by atoms with Crippen LogP contribution >= 0.6 is 0 Å². The van der Waals surface area contributed by atoms with E-state index in [2.05, 4.69) is 15.0 Å². The summed E-state index contributed by atoms with van der Waals surface area (Å²) < 4.78 is 6.94. The Balaban J connectivity index is 1.88. The molecule has 0 aliphatic carbocycles. The van der Waals surface area contributed by atoms with E-state index in [1.54, 1.807) is 16.8 Å². The lowest BCUT2D eigenvalue weighted by Gasteiger charge is -2.33. The molecule has 13 nitrogen and oxygen atoms in total. The summed E-state index contributed by atoms with van der Waals surface area (Å²) >= 11 is 0. The third-order valence-electron chi connectivity index (χ3n) is 5.06. The molecule has 28 heavy (non-hydrogen) atoms. The van der Waals surface area contributed by atoms with Gasteiger partial charge in [-0.2, -0.15) is 4.98 Å². The molecule has 6 N–H and O–H groups in total. The van der Waals surface area contributed by atoms with E-state index < -0.39 is 36.7 Å². The van der Waals surface area contributed by atoms with Crippen LogP contribution in [0.5, 0.6) is 0 Å². The lowest BCUT2D eigenvalue weighted by Crippen LogP contribution is -2.49. The summed E-state index contributed by atoms with van der Waals surface area (Å²) in [4.78, 5) is 38.4. The number of carbonyl (C=O) groups excluding carboxylic acids is 1. The van der Waals surface area contributed by atoms with Crippen molar-refractivity contribution in [2.24, 2.45) is 0 Å². The number of ether oxygens (including phenoxy) is 1. The van der Waals surface area contributed by atoms with E-state index in [0.29, 0.717) is 13.1 Å². The minimum absolute atomic E-state index is 0.00199. The van der Waals surface area contributed by atoms with Gasteiger partial charge in [0, 0.05) is 20.1 Å². The van der Waals surface area contributed by atoms with Crippen LogP contribution in [0.3, 0.4) is 0 Å². The summed E-state index contributed by atoms with van der Waals surface area (Å²) in [5, 5.41) is 30.0. The number of nitrogens with one attached hydrogen (secondary N) is 1. The van der Waals surface area contributed by atoms with Crippen molar-refractivity contribution in [3.05, 3.63) is 10.4 Å². The van der Waals surface area contributed by atoms with Crippen LogP contribution in [-0.2, 0) is 9.53 Å². The van der Waals surface area contributed by atoms with Gasteiger partial charge in [-0.15, -0.1) is 0 Å². The van der Waals surface area contributed by atoms with Gasteiger partial charge < -0.3 is 35.6 Å². The van der Waals surface area contributed by atoms with E-state index in [1.807, 2.05) is 0 Å². The molecule has 0 unspecified atom stereocenters. The average molecular weight is 395 g/mol. The number of H-pyrrole nitrogens is 1. The van der Waals surface area contributed by atoms with E-state index in [9.17, 15) is 24.9 Å². The maximum atomic E-state index is 12.3. The van der Waals surface area contributed by atoms with Crippen LogP contribution in [0.15, 0.2) is 4.79 Å². The van der Waals surface area contributed by atoms with Gasteiger partial charge in [0.2, 0.25) is 17.8 Å². The number of hydrogen-bond acceptors (Lipinski definition) is 10. The number of likely N-dealkylation sites (N-methyl/N-ethyl adjacent to an activating group) is 1. The highest BCUT2D eigenvalue weighted by molar-refractivity contribution is 5.83. The van der Waals surface area contributed by atoms with E-state index in [0.717, 1.165) is 0 Å². The number of aromatic amines is 1. The number of nitrogens with two attached hydrogens (primary N) is 1. The van der Waals surface area contributed by atoms with Gasteiger partial charge in [-0.05, 0) is 0 Å². The quantitative estimate of drug-likeness (QED) is 0.351. The van der Waals surface area contributed by atoms with Gasteiger partial charge in [0.1, 0.15) is 18.3 Å². The second-order valence-corrected chi connectivity index (χ2v) is 6.87. The molecule has 152 valence electrons. The molecule has 0 aromatic carbocycles. The maximum Gasteiger partial charge on any atom is 0.280 e. The number of rotatable bonds is 3. The maximum absolute atomic E-state index is 12.3. The smallest absolute Gasteiger partial charge is 0.280 e. The van der Waals surface area contributed by atoms with Crippen molar-refractivity contribution in [2.75, 3.05) is 43.9 Å². The molecule has 4 heterocycles. The molecule has 2 aliphatic rings. The molecule has 4 atom stereocenters. The van der Waals surface area contributed by atoms with Gasteiger partial charge in [-0.1, -0.05) is 0 Å². The van der Waals surface area contributed by atoms with Gasteiger partial charge in [-0.3, -0.25) is 19.1 Å². The highest BCUT2D eigenvalue weighted by Gasteiger charge is 2.45. The summed E-state index contributed by atoms with van der Waals surface area (Å²) in [7, 11) is 1.68. The zero-order valence-electron chi connectivity index (χ0n) is 15.0. The highest BCUT2D eigenvalue weighted by Crippen LogP contribution is 2.35. The molecule has 0 saturated carbocycles. The van der Waals surface area contributed by atoms with Crippen LogP contribution < -0.4 is 16.2 Å². The molecule has 2 aromatic rings. The van der Waals surface area contributed by atoms with Crippen LogP contribution in [0, 0.1) is 0 Å². The van der Waals surface area contributed by atoms with Crippen LogP contribution in [0.4, 0.5) is 11.9 Å². The Morgan fingerprint density at radius 2 is 2.00 bits per heavy atom.